The van der Waals surface area contributed by atoms with E-state index in [0.717, 1.165) is 48.5 Å². The van der Waals surface area contributed by atoms with E-state index >= 15 is 0 Å². The Morgan fingerprint density at radius 1 is 1.05 bits per heavy atom. The lowest BCUT2D eigenvalue weighted by atomic mass is 10.2. The molecular weight excluding hydrogens is 238 g/mol. The molecule has 1 saturated heterocycles. The Bertz CT molecular complexity index is 727. The number of piperazine rings is 1. The average molecular weight is 253 g/mol. The van der Waals surface area contributed by atoms with Crippen LogP contribution >= 0.6 is 0 Å². The first kappa shape index (κ1) is 10.8. The van der Waals surface area contributed by atoms with Gasteiger partial charge in [-0.25, -0.2) is 9.97 Å². The van der Waals surface area contributed by atoms with Crippen molar-refractivity contribution in [3.8, 4) is 0 Å². The summed E-state index contributed by atoms with van der Waals surface area (Å²) in [6, 6.07) is 8.31. The standard InChI is InChI=1S/C14H15N5/c1-2-4-11-10(3-1)12-13(18-11)16-9-17-14(12)19-7-5-15-6-8-19/h1-4,9,15H,5-8H2,(H,16,17,18). The summed E-state index contributed by atoms with van der Waals surface area (Å²) in [6.07, 6.45) is 1.65. The zero-order chi connectivity index (χ0) is 12.7. The summed E-state index contributed by atoms with van der Waals surface area (Å²) in [6.45, 7) is 4.00. The molecule has 0 aliphatic carbocycles. The molecule has 5 heteroatoms. The van der Waals surface area contributed by atoms with Gasteiger partial charge in [-0.05, 0) is 6.07 Å². The Labute approximate surface area is 110 Å². The van der Waals surface area contributed by atoms with Crippen LogP contribution < -0.4 is 10.2 Å². The highest BCUT2D eigenvalue weighted by Crippen LogP contribution is 2.30. The third-order valence-electron chi connectivity index (χ3n) is 3.69. The van der Waals surface area contributed by atoms with Crippen LogP contribution in [0, 0.1) is 0 Å². The molecule has 4 rings (SSSR count). The molecule has 1 aliphatic rings. The number of hydrogen-bond donors (Lipinski definition) is 2. The van der Waals surface area contributed by atoms with E-state index in [1.807, 2.05) is 6.07 Å². The van der Waals surface area contributed by atoms with E-state index < -0.39 is 0 Å². The van der Waals surface area contributed by atoms with E-state index in [9.17, 15) is 0 Å². The molecule has 1 aliphatic heterocycles. The maximum atomic E-state index is 4.52. The zero-order valence-electron chi connectivity index (χ0n) is 10.6. The van der Waals surface area contributed by atoms with Crippen LogP contribution in [0.1, 0.15) is 0 Å². The van der Waals surface area contributed by atoms with E-state index in [1.165, 1.54) is 5.39 Å². The van der Waals surface area contributed by atoms with E-state index in [0.29, 0.717) is 0 Å². The summed E-state index contributed by atoms with van der Waals surface area (Å²) in [5, 5.41) is 5.71. The van der Waals surface area contributed by atoms with E-state index in [4.69, 9.17) is 0 Å². The lowest BCUT2D eigenvalue weighted by Crippen LogP contribution is -2.44. The van der Waals surface area contributed by atoms with Gasteiger partial charge in [-0.15, -0.1) is 0 Å². The first-order valence-electron chi connectivity index (χ1n) is 6.60. The summed E-state index contributed by atoms with van der Waals surface area (Å²) in [7, 11) is 0. The molecule has 2 aromatic heterocycles. The number of H-pyrrole nitrogens is 1. The van der Waals surface area contributed by atoms with Crippen molar-refractivity contribution in [2.24, 2.45) is 0 Å². The van der Waals surface area contributed by atoms with Crippen LogP contribution in [0.3, 0.4) is 0 Å². The maximum Gasteiger partial charge on any atom is 0.143 e. The zero-order valence-corrected chi connectivity index (χ0v) is 10.6. The molecule has 3 aromatic rings. The highest BCUT2D eigenvalue weighted by molar-refractivity contribution is 6.11. The van der Waals surface area contributed by atoms with Gasteiger partial charge in [-0.3, -0.25) is 0 Å². The lowest BCUT2D eigenvalue weighted by molar-refractivity contribution is 0.586. The lowest BCUT2D eigenvalue weighted by Gasteiger charge is -2.28. The fraction of sp³-hybridized carbons (Fsp3) is 0.286. The van der Waals surface area contributed by atoms with Crippen molar-refractivity contribution in [3.05, 3.63) is 30.6 Å². The molecule has 2 N–H and O–H groups in total. The van der Waals surface area contributed by atoms with Crippen LogP contribution in [0.25, 0.3) is 21.9 Å². The van der Waals surface area contributed by atoms with Gasteiger partial charge in [0.1, 0.15) is 17.8 Å². The minimum absolute atomic E-state index is 0.921. The first-order valence-corrected chi connectivity index (χ1v) is 6.60. The highest BCUT2D eigenvalue weighted by Gasteiger charge is 2.17. The van der Waals surface area contributed by atoms with Crippen LogP contribution in [-0.2, 0) is 0 Å². The van der Waals surface area contributed by atoms with Crippen molar-refractivity contribution in [3.63, 3.8) is 0 Å². The second-order valence-corrected chi connectivity index (χ2v) is 4.83. The number of nitrogens with one attached hydrogen (secondary N) is 2. The van der Waals surface area contributed by atoms with E-state index in [1.54, 1.807) is 6.33 Å². The number of nitrogens with zero attached hydrogens (tertiary/aromatic N) is 3. The van der Waals surface area contributed by atoms with Crippen molar-refractivity contribution >= 4 is 27.8 Å². The van der Waals surface area contributed by atoms with Gasteiger partial charge in [0.25, 0.3) is 0 Å². The molecule has 0 amide bonds. The molecule has 96 valence electrons. The van der Waals surface area contributed by atoms with Crippen molar-refractivity contribution in [1.82, 2.24) is 20.3 Å². The third-order valence-corrected chi connectivity index (χ3v) is 3.69. The van der Waals surface area contributed by atoms with Gasteiger partial charge in [0.15, 0.2) is 0 Å². The molecule has 0 atom stereocenters. The largest absolute Gasteiger partial charge is 0.353 e. The fourth-order valence-corrected chi connectivity index (χ4v) is 2.77. The molecule has 0 bridgehead atoms. The van der Waals surface area contributed by atoms with Crippen molar-refractivity contribution in [2.45, 2.75) is 0 Å². The molecule has 19 heavy (non-hydrogen) atoms. The van der Waals surface area contributed by atoms with Crippen LogP contribution in [0.4, 0.5) is 5.82 Å². The van der Waals surface area contributed by atoms with Gasteiger partial charge in [0.2, 0.25) is 0 Å². The molecule has 0 saturated carbocycles. The monoisotopic (exact) mass is 253 g/mol. The van der Waals surface area contributed by atoms with Crippen molar-refractivity contribution in [1.29, 1.82) is 0 Å². The predicted molar refractivity (Wildman–Crippen MR) is 76.5 cm³/mol. The number of anilines is 1. The summed E-state index contributed by atoms with van der Waals surface area (Å²) in [5.41, 5.74) is 2.04. The third kappa shape index (κ3) is 1.66. The fourth-order valence-electron chi connectivity index (χ4n) is 2.77. The van der Waals surface area contributed by atoms with Gasteiger partial charge < -0.3 is 15.2 Å². The van der Waals surface area contributed by atoms with Crippen molar-refractivity contribution < 1.29 is 0 Å². The van der Waals surface area contributed by atoms with Gasteiger partial charge in [0.05, 0.1) is 5.39 Å². The molecular formula is C14H15N5. The Morgan fingerprint density at radius 3 is 2.79 bits per heavy atom. The summed E-state index contributed by atoms with van der Waals surface area (Å²) < 4.78 is 0. The normalized spacial score (nSPS) is 16.3. The first-order chi connectivity index (χ1) is 9.43. The van der Waals surface area contributed by atoms with Crippen LogP contribution in [-0.4, -0.2) is 41.1 Å². The Morgan fingerprint density at radius 2 is 1.89 bits per heavy atom. The SMILES string of the molecule is c1ccc2c(c1)[nH]c1ncnc(N3CCNCC3)c12. The molecule has 0 radical (unpaired) electrons. The molecule has 0 spiro atoms. The van der Waals surface area contributed by atoms with Crippen LogP contribution in [0.5, 0.6) is 0 Å². The van der Waals surface area contributed by atoms with E-state index in [-0.39, 0.29) is 0 Å². The van der Waals surface area contributed by atoms with Crippen LogP contribution in [0.2, 0.25) is 0 Å². The Kier molecular flexibility index (Phi) is 2.38. The summed E-state index contributed by atoms with van der Waals surface area (Å²) >= 11 is 0. The number of fused-ring (bicyclic) bond motifs is 3. The highest BCUT2D eigenvalue weighted by atomic mass is 15.2. The number of aromatic nitrogens is 3. The summed E-state index contributed by atoms with van der Waals surface area (Å²) in [4.78, 5) is 14.6. The quantitative estimate of drug-likeness (QED) is 0.690. The smallest absolute Gasteiger partial charge is 0.143 e. The minimum Gasteiger partial charge on any atom is -0.353 e. The molecule has 5 nitrogen and oxygen atoms in total. The predicted octanol–water partition coefficient (Wildman–Crippen LogP) is 1.52. The van der Waals surface area contributed by atoms with Gasteiger partial charge in [0, 0.05) is 37.1 Å². The second kappa shape index (κ2) is 4.20. The second-order valence-electron chi connectivity index (χ2n) is 4.83. The van der Waals surface area contributed by atoms with Gasteiger partial charge in [-0.2, -0.15) is 0 Å². The van der Waals surface area contributed by atoms with Gasteiger partial charge in [-0.1, -0.05) is 18.2 Å². The molecule has 0 unspecified atom stereocenters. The molecule has 3 heterocycles. The Hall–Kier alpha value is -2.14. The number of aromatic amines is 1. The Balaban J connectivity index is 1.98. The maximum absolute atomic E-state index is 4.52. The van der Waals surface area contributed by atoms with Gasteiger partial charge >= 0.3 is 0 Å². The number of benzene rings is 1. The van der Waals surface area contributed by atoms with Crippen molar-refractivity contribution in [2.75, 3.05) is 31.1 Å². The topological polar surface area (TPSA) is 56.8 Å². The number of rotatable bonds is 1. The number of hydrogen-bond acceptors (Lipinski definition) is 4. The van der Waals surface area contributed by atoms with Crippen LogP contribution in [0.15, 0.2) is 30.6 Å². The minimum atomic E-state index is 0.921. The van der Waals surface area contributed by atoms with E-state index in [2.05, 4.69) is 43.4 Å². The average Bonchev–Trinajstić information content (AvgIpc) is 2.86. The summed E-state index contributed by atoms with van der Waals surface area (Å²) in [5.74, 6) is 1.05. The number of para-hydroxylation sites is 1. The molecule has 1 fully saturated rings. The molecule has 1 aromatic carbocycles.